The molecule has 3 rings (SSSR count). The van der Waals surface area contributed by atoms with E-state index in [4.69, 9.17) is 16.3 Å². The van der Waals surface area contributed by atoms with Crippen LogP contribution in [0.3, 0.4) is 0 Å². The van der Waals surface area contributed by atoms with Gasteiger partial charge in [-0.2, -0.15) is 0 Å². The number of ether oxygens (including phenoxy) is 1. The van der Waals surface area contributed by atoms with Gasteiger partial charge in [-0.1, -0.05) is 11.6 Å². The Hall–Kier alpha value is -1.92. The van der Waals surface area contributed by atoms with E-state index in [2.05, 4.69) is 15.0 Å². The van der Waals surface area contributed by atoms with Crippen LogP contribution in [0, 0.1) is 0 Å². The predicted molar refractivity (Wildman–Crippen MR) is 78.2 cm³/mol. The molecule has 3 aromatic rings. The average molecular weight is 308 g/mol. The highest BCUT2D eigenvalue weighted by Gasteiger charge is 2.16. The van der Waals surface area contributed by atoms with E-state index in [0.717, 1.165) is 11.0 Å². The van der Waals surface area contributed by atoms with Crippen LogP contribution in [0.15, 0.2) is 24.7 Å². The molecule has 5 nitrogen and oxygen atoms in total. The van der Waals surface area contributed by atoms with Gasteiger partial charge < -0.3 is 9.72 Å². The van der Waals surface area contributed by atoms with Gasteiger partial charge in [0.2, 0.25) is 0 Å². The van der Waals surface area contributed by atoms with Crippen LogP contribution in [-0.2, 0) is 4.74 Å². The Bertz CT molecular complexity index is 781. The van der Waals surface area contributed by atoms with Crippen LogP contribution < -0.4 is 0 Å². The van der Waals surface area contributed by atoms with E-state index in [-0.39, 0.29) is 5.97 Å². The monoisotopic (exact) mass is 307 g/mol. The first-order chi connectivity index (χ1) is 9.70. The largest absolute Gasteiger partial charge is 0.462 e. The highest BCUT2D eigenvalue weighted by Crippen LogP contribution is 2.34. The summed E-state index contributed by atoms with van der Waals surface area (Å²) in [6, 6.07) is 1.86. The SMILES string of the molecule is CCOC(=O)c1cnc(-c2cnc3[nH]ccc3c2Cl)s1. The van der Waals surface area contributed by atoms with Gasteiger partial charge in [0, 0.05) is 23.3 Å². The van der Waals surface area contributed by atoms with Gasteiger partial charge >= 0.3 is 5.97 Å². The van der Waals surface area contributed by atoms with Gasteiger partial charge in [0.25, 0.3) is 0 Å². The highest BCUT2D eigenvalue weighted by molar-refractivity contribution is 7.16. The van der Waals surface area contributed by atoms with E-state index in [1.165, 1.54) is 17.5 Å². The molecule has 0 saturated carbocycles. The number of carbonyl (C=O) groups is 1. The summed E-state index contributed by atoms with van der Waals surface area (Å²) in [5, 5.41) is 2.05. The van der Waals surface area contributed by atoms with Gasteiger partial charge in [0.15, 0.2) is 0 Å². The Morgan fingerprint density at radius 3 is 3.10 bits per heavy atom. The molecule has 1 N–H and O–H groups in total. The van der Waals surface area contributed by atoms with Crippen molar-refractivity contribution in [1.82, 2.24) is 15.0 Å². The van der Waals surface area contributed by atoms with Crippen molar-refractivity contribution in [2.24, 2.45) is 0 Å². The van der Waals surface area contributed by atoms with E-state index in [9.17, 15) is 4.79 Å². The quantitative estimate of drug-likeness (QED) is 0.752. The number of esters is 1. The fraction of sp³-hybridized carbons (Fsp3) is 0.154. The number of halogens is 1. The molecule has 3 heterocycles. The smallest absolute Gasteiger partial charge is 0.349 e. The van der Waals surface area contributed by atoms with Crippen molar-refractivity contribution in [3.05, 3.63) is 34.6 Å². The second-order valence-corrected chi connectivity index (χ2v) is 5.38. The molecule has 0 aliphatic heterocycles. The molecule has 0 amide bonds. The van der Waals surface area contributed by atoms with E-state index in [0.29, 0.717) is 27.1 Å². The van der Waals surface area contributed by atoms with Crippen LogP contribution in [0.5, 0.6) is 0 Å². The Labute approximate surface area is 123 Å². The summed E-state index contributed by atoms with van der Waals surface area (Å²) in [4.78, 5) is 23.6. The number of nitrogens with one attached hydrogen (secondary N) is 1. The number of pyridine rings is 1. The molecule has 0 aliphatic carbocycles. The minimum atomic E-state index is -0.372. The molecule has 0 radical (unpaired) electrons. The lowest BCUT2D eigenvalue weighted by molar-refractivity contribution is 0.0532. The zero-order chi connectivity index (χ0) is 14.1. The Morgan fingerprint density at radius 2 is 2.30 bits per heavy atom. The van der Waals surface area contributed by atoms with Gasteiger partial charge in [0.05, 0.1) is 17.8 Å². The van der Waals surface area contributed by atoms with E-state index in [1.807, 2.05) is 6.07 Å². The molecule has 3 aromatic heterocycles. The van der Waals surface area contributed by atoms with Gasteiger partial charge in [0.1, 0.15) is 15.5 Å². The summed E-state index contributed by atoms with van der Waals surface area (Å²) in [6.07, 6.45) is 4.92. The lowest BCUT2D eigenvalue weighted by atomic mass is 10.2. The van der Waals surface area contributed by atoms with Crippen LogP contribution in [0.2, 0.25) is 5.02 Å². The van der Waals surface area contributed by atoms with Gasteiger partial charge in [-0.25, -0.2) is 14.8 Å². The third kappa shape index (κ3) is 2.17. The van der Waals surface area contributed by atoms with E-state index in [1.54, 1.807) is 19.3 Å². The number of aromatic amines is 1. The number of carbonyl (C=O) groups excluding carboxylic acids is 1. The van der Waals surface area contributed by atoms with Crippen molar-refractivity contribution in [2.75, 3.05) is 6.61 Å². The molecule has 0 saturated heterocycles. The van der Waals surface area contributed by atoms with E-state index < -0.39 is 0 Å². The number of hydrogen-bond acceptors (Lipinski definition) is 5. The van der Waals surface area contributed by atoms with Gasteiger partial charge in [-0.05, 0) is 13.0 Å². The molecule has 7 heteroatoms. The number of aromatic nitrogens is 3. The summed E-state index contributed by atoms with van der Waals surface area (Å²) < 4.78 is 4.94. The summed E-state index contributed by atoms with van der Waals surface area (Å²) in [5.74, 6) is -0.372. The normalized spacial score (nSPS) is 10.9. The number of nitrogens with zero attached hydrogens (tertiary/aromatic N) is 2. The number of H-pyrrole nitrogens is 1. The van der Waals surface area contributed by atoms with Crippen LogP contribution in [-0.4, -0.2) is 27.5 Å². The van der Waals surface area contributed by atoms with E-state index >= 15 is 0 Å². The molecule has 0 bridgehead atoms. The maximum atomic E-state index is 11.6. The Balaban J connectivity index is 2.03. The number of thiazole rings is 1. The molecular weight excluding hydrogens is 298 g/mol. The maximum absolute atomic E-state index is 11.6. The van der Waals surface area contributed by atoms with Gasteiger partial charge in [-0.3, -0.25) is 0 Å². The molecule has 20 heavy (non-hydrogen) atoms. The second-order valence-electron chi connectivity index (χ2n) is 3.98. The third-order valence-electron chi connectivity index (χ3n) is 2.73. The van der Waals surface area contributed by atoms with Crippen molar-refractivity contribution in [2.45, 2.75) is 6.92 Å². The molecule has 0 fully saturated rings. The minimum absolute atomic E-state index is 0.337. The molecular formula is C13H10ClN3O2S. The predicted octanol–water partition coefficient (Wildman–Crippen LogP) is 3.52. The molecule has 0 spiro atoms. The van der Waals surface area contributed by atoms with Crippen molar-refractivity contribution in [1.29, 1.82) is 0 Å². The fourth-order valence-corrected chi connectivity index (χ4v) is 2.99. The van der Waals surface area contributed by atoms with Crippen molar-refractivity contribution in [3.8, 4) is 10.6 Å². The third-order valence-corrected chi connectivity index (χ3v) is 4.15. The standard InChI is InChI=1S/C13H10ClN3O2S/c1-2-19-13(18)9-6-17-12(20-9)8-5-16-11-7(10(8)14)3-4-15-11/h3-6H,2H2,1H3,(H,15,16). The van der Waals surface area contributed by atoms with Crippen LogP contribution in [0.4, 0.5) is 0 Å². The summed E-state index contributed by atoms with van der Waals surface area (Å²) in [5.41, 5.74) is 1.43. The molecule has 0 atom stereocenters. The first-order valence-electron chi connectivity index (χ1n) is 5.95. The first kappa shape index (κ1) is 13.1. The zero-order valence-corrected chi connectivity index (χ0v) is 12.1. The second kappa shape index (κ2) is 5.22. The summed E-state index contributed by atoms with van der Waals surface area (Å²) in [6.45, 7) is 2.10. The summed E-state index contributed by atoms with van der Waals surface area (Å²) >= 11 is 7.60. The fourth-order valence-electron chi connectivity index (χ4n) is 1.82. The Kier molecular flexibility index (Phi) is 3.42. The van der Waals surface area contributed by atoms with Crippen LogP contribution in [0.25, 0.3) is 21.6 Å². The van der Waals surface area contributed by atoms with Crippen molar-refractivity contribution >= 4 is 39.9 Å². The van der Waals surface area contributed by atoms with Crippen LogP contribution in [0.1, 0.15) is 16.6 Å². The molecule has 102 valence electrons. The number of fused-ring (bicyclic) bond motifs is 1. The van der Waals surface area contributed by atoms with Crippen LogP contribution >= 0.6 is 22.9 Å². The number of rotatable bonds is 3. The molecule has 0 unspecified atom stereocenters. The lowest BCUT2D eigenvalue weighted by Crippen LogP contribution is -2.01. The maximum Gasteiger partial charge on any atom is 0.349 e. The Morgan fingerprint density at radius 1 is 1.45 bits per heavy atom. The van der Waals surface area contributed by atoms with Gasteiger partial charge in [-0.15, -0.1) is 11.3 Å². The summed E-state index contributed by atoms with van der Waals surface area (Å²) in [7, 11) is 0. The topological polar surface area (TPSA) is 67.9 Å². The molecule has 0 aliphatic rings. The number of hydrogen-bond donors (Lipinski definition) is 1. The lowest BCUT2D eigenvalue weighted by Gasteiger charge is -2.01. The van der Waals surface area contributed by atoms with Crippen molar-refractivity contribution in [3.63, 3.8) is 0 Å². The first-order valence-corrected chi connectivity index (χ1v) is 7.15. The minimum Gasteiger partial charge on any atom is -0.462 e. The average Bonchev–Trinajstić information content (AvgIpc) is 3.08. The van der Waals surface area contributed by atoms with Crippen molar-refractivity contribution < 1.29 is 9.53 Å². The highest BCUT2D eigenvalue weighted by atomic mass is 35.5. The zero-order valence-electron chi connectivity index (χ0n) is 10.5. The molecule has 0 aromatic carbocycles.